The van der Waals surface area contributed by atoms with Crippen molar-refractivity contribution in [2.24, 2.45) is 17.8 Å². The van der Waals surface area contributed by atoms with Gasteiger partial charge in [-0.1, -0.05) is 0 Å². The Labute approximate surface area is 105 Å². The molecule has 1 saturated carbocycles. The maximum atomic E-state index is 11.3. The van der Waals surface area contributed by atoms with Gasteiger partial charge in [-0.05, 0) is 30.7 Å². The third kappa shape index (κ3) is 1.98. The zero-order valence-electron chi connectivity index (χ0n) is 9.99. The van der Waals surface area contributed by atoms with E-state index in [4.69, 9.17) is 5.73 Å². The van der Waals surface area contributed by atoms with Crippen molar-refractivity contribution in [2.45, 2.75) is 12.8 Å². The topological polar surface area (TPSA) is 92.3 Å². The maximum Gasteiger partial charge on any atom is 0.308 e. The molecule has 2 heterocycles. The third-order valence-electron chi connectivity index (χ3n) is 3.86. The molecule has 2 aliphatic rings. The van der Waals surface area contributed by atoms with Gasteiger partial charge in [0.25, 0.3) is 0 Å². The molecule has 2 atom stereocenters. The van der Waals surface area contributed by atoms with Gasteiger partial charge in [-0.15, -0.1) is 0 Å². The number of carbonyl (C=O) groups is 1. The van der Waals surface area contributed by atoms with Gasteiger partial charge in [0, 0.05) is 19.3 Å². The molecule has 0 spiro atoms. The van der Waals surface area contributed by atoms with Gasteiger partial charge >= 0.3 is 5.97 Å². The number of hydrogen-bond acceptors (Lipinski definition) is 5. The first-order chi connectivity index (χ1) is 8.65. The van der Waals surface area contributed by atoms with Crippen molar-refractivity contribution in [1.82, 2.24) is 9.97 Å². The SMILES string of the molecule is Nc1ccnc(N2C[C@H](C(=O)O)[C@@H](C3CC3)C2)n1. The molecule has 0 bridgehead atoms. The molecule has 6 heteroatoms. The lowest BCUT2D eigenvalue weighted by molar-refractivity contribution is -0.142. The van der Waals surface area contributed by atoms with E-state index in [-0.39, 0.29) is 11.8 Å². The Morgan fingerprint density at radius 3 is 2.83 bits per heavy atom. The van der Waals surface area contributed by atoms with Crippen molar-refractivity contribution in [2.75, 3.05) is 23.7 Å². The Bertz CT molecular complexity index is 475. The standard InChI is InChI=1S/C12H16N4O2/c13-10-3-4-14-12(15-10)16-5-8(7-1-2-7)9(6-16)11(17)18/h3-4,7-9H,1-2,5-6H2,(H,17,18)(H2,13,14,15)/t8-,9+/m1/s1. The van der Waals surface area contributed by atoms with Crippen molar-refractivity contribution in [3.8, 4) is 0 Å². The number of aliphatic carboxylic acids is 1. The summed E-state index contributed by atoms with van der Waals surface area (Å²) in [5.74, 6) is 0.747. The molecule has 0 unspecified atom stereocenters. The fraction of sp³-hybridized carbons (Fsp3) is 0.583. The quantitative estimate of drug-likeness (QED) is 0.814. The van der Waals surface area contributed by atoms with Gasteiger partial charge in [0.1, 0.15) is 5.82 Å². The van der Waals surface area contributed by atoms with Gasteiger partial charge in [-0.2, -0.15) is 4.98 Å². The molecular formula is C12H16N4O2. The smallest absolute Gasteiger partial charge is 0.308 e. The van der Waals surface area contributed by atoms with Crippen LogP contribution in [0.15, 0.2) is 12.3 Å². The molecule has 1 aromatic heterocycles. The Balaban J connectivity index is 1.81. The molecule has 3 rings (SSSR count). The zero-order chi connectivity index (χ0) is 12.7. The molecule has 0 amide bonds. The van der Waals surface area contributed by atoms with Crippen molar-refractivity contribution >= 4 is 17.7 Å². The maximum absolute atomic E-state index is 11.3. The van der Waals surface area contributed by atoms with Gasteiger partial charge in [-0.3, -0.25) is 4.79 Å². The summed E-state index contributed by atoms with van der Waals surface area (Å²) in [6.45, 7) is 1.21. The van der Waals surface area contributed by atoms with E-state index in [1.165, 1.54) is 0 Å². The summed E-state index contributed by atoms with van der Waals surface area (Å²) in [6, 6.07) is 1.63. The molecule has 1 aliphatic carbocycles. The first kappa shape index (κ1) is 11.3. The van der Waals surface area contributed by atoms with E-state index in [9.17, 15) is 9.90 Å². The summed E-state index contributed by atoms with van der Waals surface area (Å²) < 4.78 is 0. The van der Waals surface area contributed by atoms with Crippen LogP contribution < -0.4 is 10.6 Å². The van der Waals surface area contributed by atoms with Crippen LogP contribution in [-0.4, -0.2) is 34.1 Å². The summed E-state index contributed by atoms with van der Waals surface area (Å²) in [5.41, 5.74) is 5.63. The number of nitrogens with two attached hydrogens (primary N) is 1. The number of hydrogen-bond donors (Lipinski definition) is 2. The Kier molecular flexibility index (Phi) is 2.57. The number of anilines is 2. The minimum absolute atomic E-state index is 0.229. The number of carboxylic acids is 1. The molecule has 96 valence electrons. The highest BCUT2D eigenvalue weighted by Gasteiger charge is 2.46. The predicted octanol–water partition coefficient (Wildman–Crippen LogP) is 0.606. The van der Waals surface area contributed by atoms with Gasteiger partial charge in [0.05, 0.1) is 5.92 Å². The summed E-state index contributed by atoms with van der Waals surface area (Å²) in [6.07, 6.45) is 3.91. The highest BCUT2D eigenvalue weighted by molar-refractivity contribution is 5.72. The van der Waals surface area contributed by atoms with Crippen molar-refractivity contribution in [3.05, 3.63) is 12.3 Å². The van der Waals surface area contributed by atoms with Crippen LogP contribution in [0.5, 0.6) is 0 Å². The summed E-state index contributed by atoms with van der Waals surface area (Å²) in [7, 11) is 0. The van der Waals surface area contributed by atoms with Gasteiger partial charge in [-0.25, -0.2) is 4.98 Å². The van der Waals surface area contributed by atoms with Gasteiger partial charge < -0.3 is 15.7 Å². The van der Waals surface area contributed by atoms with Crippen molar-refractivity contribution in [1.29, 1.82) is 0 Å². The van der Waals surface area contributed by atoms with Crippen LogP contribution in [0.2, 0.25) is 0 Å². The average molecular weight is 248 g/mol. The lowest BCUT2D eigenvalue weighted by Gasteiger charge is -2.15. The van der Waals surface area contributed by atoms with Crippen molar-refractivity contribution < 1.29 is 9.90 Å². The number of nitrogens with zero attached hydrogens (tertiary/aromatic N) is 3. The monoisotopic (exact) mass is 248 g/mol. The summed E-state index contributed by atoms with van der Waals surface area (Å²) >= 11 is 0. The fourth-order valence-electron chi connectivity index (χ4n) is 2.77. The highest BCUT2D eigenvalue weighted by Crippen LogP contribution is 2.44. The van der Waals surface area contributed by atoms with Crippen LogP contribution in [0.3, 0.4) is 0 Å². The first-order valence-electron chi connectivity index (χ1n) is 6.21. The summed E-state index contributed by atoms with van der Waals surface area (Å²) in [5, 5.41) is 9.29. The van der Waals surface area contributed by atoms with E-state index < -0.39 is 5.97 Å². The molecule has 6 nitrogen and oxygen atoms in total. The number of nitrogen functional groups attached to an aromatic ring is 1. The Hall–Kier alpha value is -1.85. The van der Waals surface area contributed by atoms with E-state index in [0.29, 0.717) is 24.2 Å². The molecule has 1 aromatic rings. The number of rotatable bonds is 3. The zero-order valence-corrected chi connectivity index (χ0v) is 9.99. The highest BCUT2D eigenvalue weighted by atomic mass is 16.4. The largest absolute Gasteiger partial charge is 0.481 e. The molecule has 1 saturated heterocycles. The Morgan fingerprint density at radius 2 is 2.22 bits per heavy atom. The van der Waals surface area contributed by atoms with Crippen LogP contribution >= 0.6 is 0 Å². The van der Waals surface area contributed by atoms with Crippen LogP contribution in [0, 0.1) is 17.8 Å². The molecule has 0 radical (unpaired) electrons. The second kappa shape index (κ2) is 4.12. The van der Waals surface area contributed by atoms with Crippen LogP contribution in [0.1, 0.15) is 12.8 Å². The molecular weight excluding hydrogens is 232 g/mol. The summed E-state index contributed by atoms with van der Waals surface area (Å²) in [4.78, 5) is 21.6. The average Bonchev–Trinajstić information content (AvgIpc) is 3.07. The van der Waals surface area contributed by atoms with E-state index in [0.717, 1.165) is 19.4 Å². The molecule has 1 aliphatic heterocycles. The van der Waals surface area contributed by atoms with Crippen LogP contribution in [0.25, 0.3) is 0 Å². The normalized spacial score (nSPS) is 27.4. The van der Waals surface area contributed by atoms with Crippen LogP contribution in [-0.2, 0) is 4.79 Å². The van der Waals surface area contributed by atoms with E-state index >= 15 is 0 Å². The Morgan fingerprint density at radius 1 is 1.44 bits per heavy atom. The second-order valence-electron chi connectivity index (χ2n) is 5.13. The number of carboxylic acid groups (broad SMARTS) is 1. The fourth-order valence-corrected chi connectivity index (χ4v) is 2.77. The first-order valence-corrected chi connectivity index (χ1v) is 6.21. The second-order valence-corrected chi connectivity index (χ2v) is 5.13. The van der Waals surface area contributed by atoms with Gasteiger partial charge in [0.2, 0.25) is 5.95 Å². The van der Waals surface area contributed by atoms with Crippen molar-refractivity contribution in [3.63, 3.8) is 0 Å². The van der Waals surface area contributed by atoms with E-state index in [2.05, 4.69) is 9.97 Å². The minimum Gasteiger partial charge on any atom is -0.481 e. The lowest BCUT2D eigenvalue weighted by atomic mass is 9.92. The van der Waals surface area contributed by atoms with E-state index in [1.807, 2.05) is 4.90 Å². The third-order valence-corrected chi connectivity index (χ3v) is 3.86. The van der Waals surface area contributed by atoms with Gasteiger partial charge in [0.15, 0.2) is 0 Å². The van der Waals surface area contributed by atoms with E-state index in [1.54, 1.807) is 12.3 Å². The molecule has 3 N–H and O–H groups in total. The lowest BCUT2D eigenvalue weighted by Crippen LogP contribution is -2.24. The molecule has 2 fully saturated rings. The number of aromatic nitrogens is 2. The minimum atomic E-state index is -0.710. The molecule has 0 aromatic carbocycles. The predicted molar refractivity (Wildman–Crippen MR) is 66.0 cm³/mol. The van der Waals surface area contributed by atoms with Crippen LogP contribution in [0.4, 0.5) is 11.8 Å². The molecule has 18 heavy (non-hydrogen) atoms.